The third-order valence-electron chi connectivity index (χ3n) is 4.61. The van der Waals surface area contributed by atoms with Gasteiger partial charge in [-0.15, -0.1) is 10.2 Å². The number of benzene rings is 3. The normalized spacial score (nSPS) is 10.9. The van der Waals surface area contributed by atoms with Crippen molar-refractivity contribution in [2.24, 2.45) is 0 Å². The van der Waals surface area contributed by atoms with Crippen molar-refractivity contribution in [3.63, 3.8) is 0 Å². The maximum atomic E-state index is 14.5. The predicted molar refractivity (Wildman–Crippen MR) is 119 cm³/mol. The van der Waals surface area contributed by atoms with Gasteiger partial charge >= 0.3 is 0 Å². The van der Waals surface area contributed by atoms with Gasteiger partial charge in [-0.2, -0.15) is 0 Å². The van der Waals surface area contributed by atoms with Crippen molar-refractivity contribution < 1.29 is 9.13 Å². The highest BCUT2D eigenvalue weighted by molar-refractivity contribution is 7.99. The van der Waals surface area contributed by atoms with Crippen LogP contribution in [0.2, 0.25) is 0 Å². The highest BCUT2D eigenvalue weighted by Crippen LogP contribution is 2.29. The first-order chi connectivity index (χ1) is 14.6. The van der Waals surface area contributed by atoms with Crippen LogP contribution in [0.5, 0.6) is 5.75 Å². The highest BCUT2D eigenvalue weighted by Gasteiger charge is 2.18. The summed E-state index contributed by atoms with van der Waals surface area (Å²) in [5, 5.41) is 9.35. The molecule has 0 unspecified atom stereocenters. The summed E-state index contributed by atoms with van der Waals surface area (Å²) in [4.78, 5) is 0. The minimum absolute atomic E-state index is 0.322. The topological polar surface area (TPSA) is 39.9 Å². The van der Waals surface area contributed by atoms with Gasteiger partial charge in [0, 0.05) is 11.4 Å². The van der Waals surface area contributed by atoms with Gasteiger partial charge in [-0.1, -0.05) is 53.7 Å². The van der Waals surface area contributed by atoms with E-state index in [4.69, 9.17) is 4.74 Å². The molecule has 1 heterocycles. The highest BCUT2D eigenvalue weighted by atomic mass is 32.2. The number of thioether (sulfide) groups is 1. The third kappa shape index (κ3) is 4.54. The van der Waals surface area contributed by atoms with Crippen molar-refractivity contribution in [2.75, 3.05) is 12.4 Å². The Balaban J connectivity index is 1.58. The molecule has 0 spiro atoms. The van der Waals surface area contributed by atoms with Crippen molar-refractivity contribution in [1.29, 1.82) is 0 Å². The molecule has 3 aromatic carbocycles. The van der Waals surface area contributed by atoms with Crippen molar-refractivity contribution in [3.05, 3.63) is 89.7 Å². The Morgan fingerprint density at radius 2 is 1.70 bits per heavy atom. The number of aryl methyl sites for hydroxylation is 2. The average Bonchev–Trinajstić information content (AvgIpc) is 3.16. The molecule has 152 valence electrons. The molecule has 0 N–H and O–H groups in total. The number of rotatable bonds is 7. The summed E-state index contributed by atoms with van der Waals surface area (Å²) in [6.07, 6.45) is 0. The first kappa shape index (κ1) is 20.2. The van der Waals surface area contributed by atoms with Crippen LogP contribution in [0, 0.1) is 19.7 Å². The first-order valence-corrected chi connectivity index (χ1v) is 10.7. The fourth-order valence-electron chi connectivity index (χ4n) is 3.10. The van der Waals surface area contributed by atoms with Gasteiger partial charge in [-0.3, -0.25) is 4.57 Å². The fourth-order valence-corrected chi connectivity index (χ4v) is 3.87. The van der Waals surface area contributed by atoms with E-state index < -0.39 is 0 Å². The molecule has 6 heteroatoms. The second-order valence-electron chi connectivity index (χ2n) is 6.97. The quantitative estimate of drug-likeness (QED) is 0.278. The lowest BCUT2D eigenvalue weighted by atomic mass is 10.2. The SMILES string of the molecule is Cc1ccc(-n2c(SCCOc3cccc(C)c3)nnc2-c2ccccc2F)cc1. The summed E-state index contributed by atoms with van der Waals surface area (Å²) in [7, 11) is 0. The van der Waals surface area contributed by atoms with Gasteiger partial charge in [0.15, 0.2) is 11.0 Å². The lowest BCUT2D eigenvalue weighted by Crippen LogP contribution is -2.04. The van der Waals surface area contributed by atoms with Gasteiger partial charge in [0.25, 0.3) is 0 Å². The van der Waals surface area contributed by atoms with E-state index in [1.807, 2.05) is 66.9 Å². The number of nitrogens with zero attached hydrogens (tertiary/aromatic N) is 3. The zero-order valence-corrected chi connectivity index (χ0v) is 17.7. The van der Waals surface area contributed by atoms with Crippen LogP contribution in [0.3, 0.4) is 0 Å². The fraction of sp³-hybridized carbons (Fsp3) is 0.167. The molecule has 1 aromatic heterocycles. The van der Waals surface area contributed by atoms with E-state index in [2.05, 4.69) is 10.2 Å². The first-order valence-electron chi connectivity index (χ1n) is 9.71. The largest absolute Gasteiger partial charge is 0.493 e. The maximum absolute atomic E-state index is 14.5. The lowest BCUT2D eigenvalue weighted by molar-refractivity contribution is 0.343. The number of hydrogen-bond acceptors (Lipinski definition) is 4. The number of halogens is 1. The Morgan fingerprint density at radius 3 is 2.47 bits per heavy atom. The second kappa shape index (κ2) is 9.13. The van der Waals surface area contributed by atoms with Crippen LogP contribution in [0.25, 0.3) is 17.1 Å². The smallest absolute Gasteiger partial charge is 0.196 e. The molecule has 4 nitrogen and oxygen atoms in total. The zero-order chi connectivity index (χ0) is 20.9. The molecule has 0 aliphatic rings. The van der Waals surface area contributed by atoms with E-state index in [9.17, 15) is 4.39 Å². The molecule has 4 rings (SSSR count). The predicted octanol–water partition coefficient (Wildman–Crippen LogP) is 5.86. The monoisotopic (exact) mass is 419 g/mol. The molecule has 0 saturated heterocycles. The molecule has 0 radical (unpaired) electrons. The van der Waals surface area contributed by atoms with E-state index >= 15 is 0 Å². The summed E-state index contributed by atoms with van der Waals surface area (Å²) in [6.45, 7) is 4.60. The molecule has 30 heavy (non-hydrogen) atoms. The summed E-state index contributed by atoms with van der Waals surface area (Å²) < 4.78 is 22.2. The summed E-state index contributed by atoms with van der Waals surface area (Å²) >= 11 is 1.53. The molecular formula is C24H22FN3OS. The van der Waals surface area contributed by atoms with Gasteiger partial charge in [0.2, 0.25) is 0 Å². The minimum atomic E-state index is -0.322. The van der Waals surface area contributed by atoms with Gasteiger partial charge in [-0.05, 0) is 55.8 Å². The summed E-state index contributed by atoms with van der Waals surface area (Å²) in [6, 6.07) is 22.6. The van der Waals surface area contributed by atoms with Gasteiger partial charge in [0.1, 0.15) is 11.6 Å². The van der Waals surface area contributed by atoms with Crippen molar-refractivity contribution >= 4 is 11.8 Å². The van der Waals surface area contributed by atoms with Gasteiger partial charge < -0.3 is 4.74 Å². The van der Waals surface area contributed by atoms with Crippen LogP contribution < -0.4 is 4.74 Å². The average molecular weight is 420 g/mol. The molecular weight excluding hydrogens is 397 g/mol. The molecule has 0 fully saturated rings. The van der Waals surface area contributed by atoms with Crippen LogP contribution in [0.15, 0.2) is 78.0 Å². The number of aromatic nitrogens is 3. The second-order valence-corrected chi connectivity index (χ2v) is 8.03. The van der Waals surface area contributed by atoms with E-state index in [0.29, 0.717) is 28.9 Å². The molecule has 0 atom stereocenters. The van der Waals surface area contributed by atoms with Gasteiger partial charge in [0.05, 0.1) is 12.2 Å². The molecule has 4 aromatic rings. The standard InChI is InChI=1S/C24H22FN3OS/c1-17-10-12-19(13-11-17)28-23(21-8-3-4-9-22(21)25)26-27-24(28)30-15-14-29-20-7-5-6-18(2)16-20/h3-13,16H,14-15H2,1-2H3. The molecule has 0 amide bonds. The Morgan fingerprint density at radius 1 is 0.900 bits per heavy atom. The molecule has 0 aliphatic heterocycles. The number of ether oxygens (including phenoxy) is 1. The maximum Gasteiger partial charge on any atom is 0.196 e. The molecule has 0 bridgehead atoms. The van der Waals surface area contributed by atoms with Crippen molar-refractivity contribution in [2.45, 2.75) is 19.0 Å². The Hall–Kier alpha value is -3.12. The van der Waals surface area contributed by atoms with Crippen LogP contribution in [0.1, 0.15) is 11.1 Å². The summed E-state index contributed by atoms with van der Waals surface area (Å²) in [5.41, 5.74) is 3.63. The van der Waals surface area contributed by atoms with E-state index in [1.54, 1.807) is 18.2 Å². The molecule has 0 aliphatic carbocycles. The van der Waals surface area contributed by atoms with E-state index in [0.717, 1.165) is 22.6 Å². The lowest BCUT2D eigenvalue weighted by Gasteiger charge is -2.11. The minimum Gasteiger partial charge on any atom is -0.493 e. The van der Waals surface area contributed by atoms with Crippen molar-refractivity contribution in [3.8, 4) is 22.8 Å². The van der Waals surface area contributed by atoms with Gasteiger partial charge in [-0.25, -0.2) is 4.39 Å². The van der Waals surface area contributed by atoms with E-state index in [1.165, 1.54) is 17.8 Å². The Labute approximate surface area is 179 Å². The van der Waals surface area contributed by atoms with Crippen LogP contribution in [0.4, 0.5) is 4.39 Å². The van der Waals surface area contributed by atoms with Crippen LogP contribution in [-0.2, 0) is 0 Å². The molecule has 0 saturated carbocycles. The Kier molecular flexibility index (Phi) is 6.14. The Bertz CT molecular complexity index is 1140. The number of hydrogen-bond donors (Lipinski definition) is 0. The van der Waals surface area contributed by atoms with Crippen LogP contribution in [-0.4, -0.2) is 27.1 Å². The zero-order valence-electron chi connectivity index (χ0n) is 16.9. The van der Waals surface area contributed by atoms with E-state index in [-0.39, 0.29) is 5.82 Å². The van der Waals surface area contributed by atoms with Crippen molar-refractivity contribution in [1.82, 2.24) is 14.8 Å². The van der Waals surface area contributed by atoms with Crippen LogP contribution >= 0.6 is 11.8 Å². The third-order valence-corrected chi connectivity index (χ3v) is 5.51. The summed E-state index contributed by atoms with van der Waals surface area (Å²) in [5.74, 6) is 1.70.